The zero-order valence-electron chi connectivity index (χ0n) is 3.92. The molecule has 0 amide bonds. The normalized spacial score (nSPS) is 12.0. The SMILES string of the molecule is C=CC(C#N)C[O]. The van der Waals surface area contributed by atoms with Crippen LogP contribution >= 0.6 is 0 Å². The molecule has 0 rings (SSSR count). The van der Waals surface area contributed by atoms with Crippen LogP contribution in [0.4, 0.5) is 0 Å². The van der Waals surface area contributed by atoms with Crippen molar-refractivity contribution in [3.63, 3.8) is 0 Å². The monoisotopic (exact) mass is 96.0 g/mol. The van der Waals surface area contributed by atoms with Crippen molar-refractivity contribution in [2.45, 2.75) is 0 Å². The topological polar surface area (TPSA) is 43.7 Å². The minimum Gasteiger partial charge on any atom is -0.235 e. The van der Waals surface area contributed by atoms with Gasteiger partial charge in [0.1, 0.15) is 6.61 Å². The Hall–Kier alpha value is -0.810. The van der Waals surface area contributed by atoms with Crippen LogP contribution in [0, 0.1) is 17.2 Å². The summed E-state index contributed by atoms with van der Waals surface area (Å²) in [6.45, 7) is 2.91. The summed E-state index contributed by atoms with van der Waals surface area (Å²) >= 11 is 0. The zero-order chi connectivity index (χ0) is 5.70. The van der Waals surface area contributed by atoms with Crippen LogP contribution in [-0.2, 0) is 5.11 Å². The average molecular weight is 96.1 g/mol. The van der Waals surface area contributed by atoms with Crippen molar-refractivity contribution >= 4 is 0 Å². The Balaban J connectivity index is 3.43. The van der Waals surface area contributed by atoms with E-state index in [2.05, 4.69) is 6.58 Å². The molecule has 0 aromatic rings. The molecule has 0 aliphatic rings. The van der Waals surface area contributed by atoms with Gasteiger partial charge in [0.05, 0.1) is 12.0 Å². The Morgan fingerprint density at radius 3 is 2.57 bits per heavy atom. The molecule has 0 saturated carbocycles. The van der Waals surface area contributed by atoms with Crippen LogP contribution in [0.5, 0.6) is 0 Å². The molecule has 0 saturated heterocycles. The van der Waals surface area contributed by atoms with Crippen molar-refractivity contribution in [1.29, 1.82) is 5.26 Å². The van der Waals surface area contributed by atoms with Crippen LogP contribution in [0.1, 0.15) is 0 Å². The lowest BCUT2D eigenvalue weighted by atomic mass is 10.2. The van der Waals surface area contributed by atoms with Gasteiger partial charge in [-0.2, -0.15) is 5.26 Å². The van der Waals surface area contributed by atoms with Crippen molar-refractivity contribution in [3.05, 3.63) is 12.7 Å². The summed E-state index contributed by atoms with van der Waals surface area (Å²) in [5.74, 6) is -0.500. The Morgan fingerprint density at radius 1 is 2.00 bits per heavy atom. The van der Waals surface area contributed by atoms with Gasteiger partial charge in [0.2, 0.25) is 0 Å². The molecule has 1 atom stereocenters. The molecule has 0 N–H and O–H groups in total. The van der Waals surface area contributed by atoms with Crippen LogP contribution < -0.4 is 0 Å². The first-order chi connectivity index (χ1) is 3.35. The number of nitrogens with zero attached hydrogens (tertiary/aromatic N) is 1. The third kappa shape index (κ3) is 1.96. The average Bonchev–Trinajstić information content (AvgIpc) is 1.72. The van der Waals surface area contributed by atoms with Gasteiger partial charge in [-0.1, -0.05) is 6.08 Å². The fourth-order valence-electron chi connectivity index (χ4n) is 0.158. The summed E-state index contributed by atoms with van der Waals surface area (Å²) in [7, 11) is 0. The molecule has 37 valence electrons. The molecule has 0 bridgehead atoms. The van der Waals surface area contributed by atoms with E-state index in [1.54, 1.807) is 6.07 Å². The summed E-state index contributed by atoms with van der Waals surface area (Å²) in [6.07, 6.45) is 1.35. The Bertz CT molecular complexity index is 92.7. The second kappa shape index (κ2) is 3.38. The second-order valence-corrected chi connectivity index (χ2v) is 1.14. The molecule has 0 aromatic heterocycles. The number of hydrogen-bond donors (Lipinski definition) is 0. The maximum Gasteiger partial charge on any atom is 0.102 e. The molecule has 0 aromatic carbocycles. The maximum absolute atomic E-state index is 9.80. The van der Waals surface area contributed by atoms with Gasteiger partial charge in [0.25, 0.3) is 0 Å². The van der Waals surface area contributed by atoms with Crippen molar-refractivity contribution in [2.75, 3.05) is 6.61 Å². The largest absolute Gasteiger partial charge is 0.235 e. The van der Waals surface area contributed by atoms with Crippen LogP contribution in [0.25, 0.3) is 0 Å². The highest BCUT2D eigenvalue weighted by atomic mass is 16.3. The van der Waals surface area contributed by atoms with Crippen LogP contribution in [0.15, 0.2) is 12.7 Å². The van der Waals surface area contributed by atoms with Gasteiger partial charge < -0.3 is 0 Å². The van der Waals surface area contributed by atoms with E-state index < -0.39 is 5.92 Å². The van der Waals surface area contributed by atoms with Gasteiger partial charge in [-0.25, -0.2) is 5.11 Å². The summed E-state index contributed by atoms with van der Waals surface area (Å²) in [5, 5.41) is 17.8. The lowest BCUT2D eigenvalue weighted by molar-refractivity contribution is 0.179. The standard InChI is InChI=1S/C5H6NO/c1-2-5(3-6)4-7/h2,5H,1,4H2. The molecule has 1 radical (unpaired) electrons. The molecule has 7 heavy (non-hydrogen) atoms. The first-order valence-electron chi connectivity index (χ1n) is 1.95. The van der Waals surface area contributed by atoms with Gasteiger partial charge in [-0.15, -0.1) is 6.58 Å². The molecular formula is C5H6NO. The molecule has 0 heterocycles. The highest BCUT2D eigenvalue weighted by Gasteiger charge is 1.95. The number of nitriles is 1. The lowest BCUT2D eigenvalue weighted by Gasteiger charge is -1.87. The molecular weight excluding hydrogens is 90.1 g/mol. The van der Waals surface area contributed by atoms with Crippen molar-refractivity contribution in [1.82, 2.24) is 0 Å². The van der Waals surface area contributed by atoms with Crippen molar-refractivity contribution in [2.24, 2.45) is 5.92 Å². The van der Waals surface area contributed by atoms with Gasteiger partial charge in [0.15, 0.2) is 0 Å². The Kier molecular flexibility index (Phi) is 2.99. The van der Waals surface area contributed by atoms with Gasteiger partial charge in [0, 0.05) is 0 Å². The third-order valence-corrected chi connectivity index (χ3v) is 0.630. The summed E-state index contributed by atoms with van der Waals surface area (Å²) in [5.41, 5.74) is 0. The quantitative estimate of drug-likeness (QED) is 0.467. The lowest BCUT2D eigenvalue weighted by Crippen LogP contribution is -1.94. The zero-order valence-corrected chi connectivity index (χ0v) is 3.92. The van der Waals surface area contributed by atoms with E-state index in [4.69, 9.17) is 5.26 Å². The van der Waals surface area contributed by atoms with E-state index in [-0.39, 0.29) is 6.61 Å². The Labute approximate surface area is 42.7 Å². The highest BCUT2D eigenvalue weighted by Crippen LogP contribution is 1.90. The number of hydrogen-bond acceptors (Lipinski definition) is 1. The minimum absolute atomic E-state index is 0.375. The maximum atomic E-state index is 9.80. The molecule has 2 heteroatoms. The molecule has 0 fully saturated rings. The minimum atomic E-state index is -0.500. The van der Waals surface area contributed by atoms with Crippen molar-refractivity contribution < 1.29 is 5.11 Å². The fourth-order valence-corrected chi connectivity index (χ4v) is 0.158. The molecule has 0 aliphatic carbocycles. The summed E-state index contributed by atoms with van der Waals surface area (Å²) in [4.78, 5) is 0. The van der Waals surface area contributed by atoms with Gasteiger partial charge in [-0.3, -0.25) is 0 Å². The van der Waals surface area contributed by atoms with E-state index in [1.807, 2.05) is 0 Å². The van der Waals surface area contributed by atoms with E-state index in [9.17, 15) is 5.11 Å². The van der Waals surface area contributed by atoms with Gasteiger partial charge in [-0.05, 0) is 0 Å². The van der Waals surface area contributed by atoms with E-state index in [1.165, 1.54) is 6.08 Å². The molecule has 0 spiro atoms. The van der Waals surface area contributed by atoms with Gasteiger partial charge >= 0.3 is 0 Å². The van der Waals surface area contributed by atoms with Crippen LogP contribution in [0.2, 0.25) is 0 Å². The van der Waals surface area contributed by atoms with E-state index in [0.717, 1.165) is 0 Å². The second-order valence-electron chi connectivity index (χ2n) is 1.14. The van der Waals surface area contributed by atoms with Crippen LogP contribution in [-0.4, -0.2) is 6.61 Å². The first-order valence-corrected chi connectivity index (χ1v) is 1.95. The fraction of sp³-hybridized carbons (Fsp3) is 0.400. The third-order valence-electron chi connectivity index (χ3n) is 0.630. The number of rotatable bonds is 2. The van der Waals surface area contributed by atoms with Crippen LogP contribution in [0.3, 0.4) is 0 Å². The predicted molar refractivity (Wildman–Crippen MR) is 24.9 cm³/mol. The van der Waals surface area contributed by atoms with E-state index >= 15 is 0 Å². The molecule has 0 aliphatic heterocycles. The predicted octanol–water partition coefficient (Wildman–Crippen LogP) is 0.743. The summed E-state index contributed by atoms with van der Waals surface area (Å²) in [6, 6.07) is 1.77. The molecule has 2 nitrogen and oxygen atoms in total. The van der Waals surface area contributed by atoms with E-state index in [0.29, 0.717) is 0 Å². The Morgan fingerprint density at radius 2 is 2.57 bits per heavy atom. The van der Waals surface area contributed by atoms with Crippen molar-refractivity contribution in [3.8, 4) is 6.07 Å². The highest BCUT2D eigenvalue weighted by molar-refractivity contribution is 4.94. The first kappa shape index (κ1) is 6.19. The summed E-state index contributed by atoms with van der Waals surface area (Å²) < 4.78 is 0. The molecule has 1 unspecified atom stereocenters. The smallest absolute Gasteiger partial charge is 0.102 e.